The van der Waals surface area contributed by atoms with E-state index in [-0.39, 0.29) is 17.5 Å². The summed E-state index contributed by atoms with van der Waals surface area (Å²) in [5.74, 6) is 1.55. The Balaban J connectivity index is 1.03. The van der Waals surface area contributed by atoms with Gasteiger partial charge in [0.25, 0.3) is 5.91 Å². The number of carbonyl (C=O) groups is 1. The maximum Gasteiger partial charge on any atom is 0.253 e. The molecule has 3 aromatic heterocycles. The number of rotatable bonds is 8. The van der Waals surface area contributed by atoms with E-state index in [4.69, 9.17) is 0 Å². The number of β-amino-alcohol motifs (C(OH)–C–C–N with tert-alkyl or cyclic N) is 1. The lowest BCUT2D eigenvalue weighted by Crippen LogP contribution is -2.37. The van der Waals surface area contributed by atoms with Crippen molar-refractivity contribution in [1.29, 1.82) is 0 Å². The first-order valence-electron chi connectivity index (χ1n) is 14.7. The summed E-state index contributed by atoms with van der Waals surface area (Å²) in [6.45, 7) is 9.31. The number of likely N-dealkylation sites (tertiary alicyclic amines) is 1. The number of H-pyrrole nitrogens is 1. The molecular formula is C30H39FN8O2. The molecule has 0 radical (unpaired) electrons. The van der Waals surface area contributed by atoms with Gasteiger partial charge in [0.05, 0.1) is 34.9 Å². The molecule has 1 amide bonds. The van der Waals surface area contributed by atoms with Crippen LogP contribution in [0, 0.1) is 17.7 Å². The van der Waals surface area contributed by atoms with Gasteiger partial charge in [0, 0.05) is 44.8 Å². The van der Waals surface area contributed by atoms with Gasteiger partial charge in [-0.3, -0.25) is 4.79 Å². The number of piperidine rings is 1. The Morgan fingerprint density at radius 2 is 1.93 bits per heavy atom. The second kappa shape index (κ2) is 11.4. The molecule has 3 aliphatic heterocycles. The lowest BCUT2D eigenvalue weighted by Gasteiger charge is -2.34. The van der Waals surface area contributed by atoms with Crippen LogP contribution in [0.1, 0.15) is 55.6 Å². The molecule has 11 heteroatoms. The molecular weight excluding hydrogens is 523 g/mol. The number of nitrogens with one attached hydrogen (secondary N) is 3. The lowest BCUT2D eigenvalue weighted by atomic mass is 9.86. The van der Waals surface area contributed by atoms with Crippen molar-refractivity contribution in [3.8, 4) is 11.4 Å². The Morgan fingerprint density at radius 3 is 2.66 bits per heavy atom. The smallest absolute Gasteiger partial charge is 0.253 e. The van der Waals surface area contributed by atoms with Crippen LogP contribution in [0.5, 0.6) is 0 Å². The molecule has 2 fully saturated rings. The van der Waals surface area contributed by atoms with E-state index >= 15 is 0 Å². The molecule has 10 nitrogen and oxygen atoms in total. The van der Waals surface area contributed by atoms with Crippen molar-refractivity contribution in [3.05, 3.63) is 47.7 Å². The normalized spacial score (nSPS) is 20.2. The number of hydrogen-bond acceptors (Lipinski definition) is 8. The predicted octanol–water partition coefficient (Wildman–Crippen LogP) is 3.73. The fraction of sp³-hybridized carbons (Fsp3) is 0.533. The summed E-state index contributed by atoms with van der Waals surface area (Å²) in [6.07, 6.45) is 8.51. The zero-order valence-electron chi connectivity index (χ0n) is 23.8. The van der Waals surface area contributed by atoms with Crippen LogP contribution in [-0.4, -0.2) is 80.7 Å². The van der Waals surface area contributed by atoms with Gasteiger partial charge in [0.15, 0.2) is 5.82 Å². The van der Waals surface area contributed by atoms with E-state index in [1.165, 1.54) is 25.7 Å². The van der Waals surface area contributed by atoms with Gasteiger partial charge in [-0.15, -0.1) is 0 Å². The number of aromatic nitrogens is 4. The van der Waals surface area contributed by atoms with Gasteiger partial charge in [-0.1, -0.05) is 0 Å². The van der Waals surface area contributed by atoms with Crippen LogP contribution in [0.3, 0.4) is 0 Å². The summed E-state index contributed by atoms with van der Waals surface area (Å²) < 4.78 is 14.6. The first kappa shape index (κ1) is 27.6. The van der Waals surface area contributed by atoms with Gasteiger partial charge < -0.3 is 30.5 Å². The Morgan fingerprint density at radius 1 is 1.12 bits per heavy atom. The van der Waals surface area contributed by atoms with Gasteiger partial charge in [0.2, 0.25) is 5.95 Å². The minimum atomic E-state index is -0.628. The van der Waals surface area contributed by atoms with E-state index in [1.54, 1.807) is 6.07 Å². The zero-order chi connectivity index (χ0) is 28.6. The van der Waals surface area contributed by atoms with Crippen molar-refractivity contribution in [2.45, 2.75) is 51.6 Å². The number of carbonyl (C=O) groups excluding carboxylic acids is 1. The molecule has 6 rings (SSSR count). The number of halogens is 1. The number of nitrogens with zero attached hydrogens (tertiary/aromatic N) is 5. The fourth-order valence-electron chi connectivity index (χ4n) is 6.49. The molecule has 1 unspecified atom stereocenters. The SMILES string of the molecule is CC(C)(O)CN1CCC(CC2CCN(c3ccc(Nc4ncc(F)c(-c5cc6c([nH]5)CCNC6=O)n4)nc3)CC2)C1. The third-order valence-electron chi connectivity index (χ3n) is 8.42. The highest BCUT2D eigenvalue weighted by Crippen LogP contribution is 2.32. The van der Waals surface area contributed by atoms with Crippen molar-refractivity contribution in [1.82, 2.24) is 30.2 Å². The average molecular weight is 563 g/mol. The molecule has 3 aliphatic rings. The third-order valence-corrected chi connectivity index (χ3v) is 8.42. The molecule has 6 heterocycles. The van der Waals surface area contributed by atoms with Crippen molar-refractivity contribution >= 4 is 23.4 Å². The number of hydrogen-bond donors (Lipinski definition) is 4. The topological polar surface area (TPSA) is 122 Å². The Hall–Kier alpha value is -3.57. The standard InChI is InChI=1S/C30H39FN8O2/c1-30(2,41)18-38-10-6-20(17-38)13-19-7-11-39(12-8-19)21-3-4-26(33-15-21)36-29-34-16-23(31)27(37-29)25-14-22-24(35-25)5-9-32-28(22)40/h3-4,14-16,19-20,35,41H,5-13,17-18H2,1-2H3,(H,32,40)(H,33,34,36,37). The van der Waals surface area contributed by atoms with E-state index in [1.807, 2.05) is 32.2 Å². The van der Waals surface area contributed by atoms with Crippen molar-refractivity contribution in [2.24, 2.45) is 11.8 Å². The number of aromatic amines is 1. The Labute approximate surface area is 239 Å². The summed E-state index contributed by atoms with van der Waals surface area (Å²) in [7, 11) is 0. The zero-order valence-corrected chi connectivity index (χ0v) is 23.8. The third kappa shape index (κ3) is 6.51. The Kier molecular flexibility index (Phi) is 7.65. The second-order valence-electron chi connectivity index (χ2n) is 12.4. The van der Waals surface area contributed by atoms with Crippen LogP contribution < -0.4 is 15.5 Å². The molecule has 0 aromatic carbocycles. The van der Waals surface area contributed by atoms with Crippen LogP contribution in [0.15, 0.2) is 30.6 Å². The predicted molar refractivity (Wildman–Crippen MR) is 156 cm³/mol. The summed E-state index contributed by atoms with van der Waals surface area (Å²) in [6, 6.07) is 5.57. The summed E-state index contributed by atoms with van der Waals surface area (Å²) in [5.41, 5.74) is 2.31. The van der Waals surface area contributed by atoms with Crippen molar-refractivity contribution in [2.75, 3.05) is 49.5 Å². The van der Waals surface area contributed by atoms with E-state index in [0.29, 0.717) is 30.0 Å². The van der Waals surface area contributed by atoms with Crippen LogP contribution >= 0.6 is 0 Å². The molecule has 0 bridgehead atoms. The highest BCUT2D eigenvalue weighted by Gasteiger charge is 2.30. The molecule has 0 aliphatic carbocycles. The molecule has 0 spiro atoms. The molecule has 4 N–H and O–H groups in total. The van der Waals surface area contributed by atoms with Crippen LogP contribution in [0.4, 0.5) is 21.8 Å². The first-order chi connectivity index (χ1) is 19.7. The summed E-state index contributed by atoms with van der Waals surface area (Å²) >= 11 is 0. The number of amides is 1. The monoisotopic (exact) mass is 562 g/mol. The fourth-order valence-corrected chi connectivity index (χ4v) is 6.49. The average Bonchev–Trinajstić information content (AvgIpc) is 3.57. The van der Waals surface area contributed by atoms with Crippen molar-refractivity contribution in [3.63, 3.8) is 0 Å². The molecule has 41 heavy (non-hydrogen) atoms. The van der Waals surface area contributed by atoms with Crippen LogP contribution in [0.25, 0.3) is 11.4 Å². The van der Waals surface area contributed by atoms with Crippen molar-refractivity contribution < 1.29 is 14.3 Å². The number of aliphatic hydroxyl groups is 1. The van der Waals surface area contributed by atoms with Gasteiger partial charge in [-0.2, -0.15) is 0 Å². The van der Waals surface area contributed by atoms with E-state index in [2.05, 4.69) is 40.4 Å². The van der Waals surface area contributed by atoms with E-state index in [0.717, 1.165) is 62.1 Å². The maximum atomic E-state index is 14.6. The van der Waals surface area contributed by atoms with Gasteiger partial charge in [-0.25, -0.2) is 19.3 Å². The number of pyridine rings is 1. The number of anilines is 3. The second-order valence-corrected chi connectivity index (χ2v) is 12.4. The van der Waals surface area contributed by atoms with E-state index in [9.17, 15) is 14.3 Å². The number of fused-ring (bicyclic) bond motifs is 1. The molecule has 0 saturated carbocycles. The minimum Gasteiger partial charge on any atom is -0.389 e. The molecule has 1 atom stereocenters. The first-order valence-corrected chi connectivity index (χ1v) is 14.7. The highest BCUT2D eigenvalue weighted by molar-refractivity contribution is 5.97. The summed E-state index contributed by atoms with van der Waals surface area (Å²) in [5, 5.41) is 16.0. The van der Waals surface area contributed by atoms with Gasteiger partial charge >= 0.3 is 0 Å². The van der Waals surface area contributed by atoms with E-state index < -0.39 is 11.4 Å². The van der Waals surface area contributed by atoms with Gasteiger partial charge in [0.1, 0.15) is 11.5 Å². The minimum absolute atomic E-state index is 0.103. The van der Waals surface area contributed by atoms with Gasteiger partial charge in [-0.05, 0) is 76.1 Å². The highest BCUT2D eigenvalue weighted by atomic mass is 19.1. The molecule has 2 saturated heterocycles. The quantitative estimate of drug-likeness (QED) is 0.328. The largest absolute Gasteiger partial charge is 0.389 e. The molecule has 3 aromatic rings. The maximum absolute atomic E-state index is 14.6. The molecule has 218 valence electrons. The van der Waals surface area contributed by atoms with Crippen LogP contribution in [0.2, 0.25) is 0 Å². The summed E-state index contributed by atoms with van der Waals surface area (Å²) in [4.78, 5) is 33.1. The lowest BCUT2D eigenvalue weighted by molar-refractivity contribution is 0.0424. The van der Waals surface area contributed by atoms with Crippen LogP contribution in [-0.2, 0) is 6.42 Å². The Bertz CT molecular complexity index is 1380.